The summed E-state index contributed by atoms with van der Waals surface area (Å²) in [4.78, 5) is 12.1. The summed E-state index contributed by atoms with van der Waals surface area (Å²) in [6.07, 6.45) is 7.78. The minimum Gasteiger partial charge on any atom is -0.349 e. The van der Waals surface area contributed by atoms with Gasteiger partial charge in [0.2, 0.25) is 5.91 Å². The Kier molecular flexibility index (Phi) is 6.13. The number of nitrogens with two attached hydrogens (primary N) is 1. The lowest BCUT2D eigenvalue weighted by atomic mass is 9.92. The van der Waals surface area contributed by atoms with Gasteiger partial charge in [-0.2, -0.15) is 0 Å². The molecule has 3 nitrogen and oxygen atoms in total. The van der Waals surface area contributed by atoms with Gasteiger partial charge < -0.3 is 11.1 Å². The average Bonchev–Trinajstić information content (AvgIpc) is 3.18. The van der Waals surface area contributed by atoms with Crippen molar-refractivity contribution in [1.82, 2.24) is 5.32 Å². The summed E-state index contributed by atoms with van der Waals surface area (Å²) in [6, 6.07) is 0. The molecule has 106 valence electrons. The molecule has 1 aliphatic rings. The zero-order valence-electron chi connectivity index (χ0n) is 12.3. The highest BCUT2D eigenvalue weighted by Gasteiger charge is 2.41. The number of carbonyl (C=O) groups excluding carboxylic acids is 1. The first-order valence-electron chi connectivity index (χ1n) is 7.56. The second-order valence-electron chi connectivity index (χ2n) is 6.06. The Morgan fingerprint density at radius 1 is 1.44 bits per heavy atom. The largest absolute Gasteiger partial charge is 0.349 e. The quantitative estimate of drug-likeness (QED) is 0.665. The predicted molar refractivity (Wildman–Crippen MR) is 76.2 cm³/mol. The molecule has 2 unspecified atom stereocenters. The summed E-state index contributed by atoms with van der Waals surface area (Å²) in [7, 11) is 0. The normalized spacial score (nSPS) is 20.2. The second-order valence-corrected chi connectivity index (χ2v) is 6.06. The fraction of sp³-hybridized carbons (Fsp3) is 0.933. The number of rotatable bonds is 9. The van der Waals surface area contributed by atoms with Crippen molar-refractivity contribution in [2.45, 2.75) is 71.3 Å². The summed E-state index contributed by atoms with van der Waals surface area (Å²) in [5.41, 5.74) is 5.66. The SMILES string of the molecule is CCCCC(CC)CC(=O)NC(C)(CN)C1CC1. The maximum absolute atomic E-state index is 12.1. The molecular formula is C15H30N2O. The second kappa shape index (κ2) is 7.13. The molecule has 1 aliphatic carbocycles. The molecule has 0 spiro atoms. The summed E-state index contributed by atoms with van der Waals surface area (Å²) in [5, 5.41) is 3.18. The van der Waals surface area contributed by atoms with Gasteiger partial charge >= 0.3 is 0 Å². The van der Waals surface area contributed by atoms with Gasteiger partial charge in [-0.3, -0.25) is 4.79 Å². The highest BCUT2D eigenvalue weighted by Crippen LogP contribution is 2.39. The van der Waals surface area contributed by atoms with E-state index in [0.29, 0.717) is 24.8 Å². The topological polar surface area (TPSA) is 55.1 Å². The van der Waals surface area contributed by atoms with Gasteiger partial charge in [-0.05, 0) is 38.0 Å². The van der Waals surface area contributed by atoms with Crippen LogP contribution in [0.3, 0.4) is 0 Å². The fourth-order valence-corrected chi connectivity index (χ4v) is 2.62. The van der Waals surface area contributed by atoms with Gasteiger partial charge in [0.25, 0.3) is 0 Å². The maximum Gasteiger partial charge on any atom is 0.220 e. The van der Waals surface area contributed by atoms with E-state index in [-0.39, 0.29) is 11.4 Å². The lowest BCUT2D eigenvalue weighted by Gasteiger charge is -2.30. The molecule has 1 amide bonds. The highest BCUT2D eigenvalue weighted by atomic mass is 16.1. The zero-order chi connectivity index (χ0) is 13.6. The number of hydrogen-bond donors (Lipinski definition) is 2. The fourth-order valence-electron chi connectivity index (χ4n) is 2.62. The average molecular weight is 254 g/mol. The van der Waals surface area contributed by atoms with Crippen molar-refractivity contribution in [3.63, 3.8) is 0 Å². The van der Waals surface area contributed by atoms with E-state index in [0.717, 1.165) is 6.42 Å². The first kappa shape index (κ1) is 15.5. The number of hydrogen-bond acceptors (Lipinski definition) is 2. The molecule has 0 aromatic rings. The van der Waals surface area contributed by atoms with Gasteiger partial charge in [-0.15, -0.1) is 0 Å². The Bertz CT molecular complexity index is 263. The van der Waals surface area contributed by atoms with Gasteiger partial charge in [0.05, 0.1) is 5.54 Å². The van der Waals surface area contributed by atoms with Crippen LogP contribution < -0.4 is 11.1 Å². The smallest absolute Gasteiger partial charge is 0.220 e. The Hall–Kier alpha value is -0.570. The molecule has 0 heterocycles. The Balaban J connectivity index is 2.38. The van der Waals surface area contributed by atoms with E-state index in [9.17, 15) is 4.79 Å². The molecule has 0 aliphatic heterocycles. The lowest BCUT2D eigenvalue weighted by Crippen LogP contribution is -2.53. The van der Waals surface area contributed by atoms with E-state index in [1.165, 1.54) is 32.1 Å². The van der Waals surface area contributed by atoms with Crippen molar-refractivity contribution in [2.75, 3.05) is 6.54 Å². The van der Waals surface area contributed by atoms with Crippen LogP contribution in [0.25, 0.3) is 0 Å². The first-order valence-corrected chi connectivity index (χ1v) is 7.56. The third kappa shape index (κ3) is 4.60. The molecular weight excluding hydrogens is 224 g/mol. The molecule has 1 saturated carbocycles. The van der Waals surface area contributed by atoms with Crippen LogP contribution in [-0.4, -0.2) is 18.0 Å². The first-order chi connectivity index (χ1) is 8.55. The third-order valence-corrected chi connectivity index (χ3v) is 4.34. The van der Waals surface area contributed by atoms with Crippen LogP contribution in [0.1, 0.15) is 65.7 Å². The molecule has 0 aromatic heterocycles. The van der Waals surface area contributed by atoms with E-state index < -0.39 is 0 Å². The van der Waals surface area contributed by atoms with Crippen LogP contribution >= 0.6 is 0 Å². The van der Waals surface area contributed by atoms with Gasteiger partial charge in [0.15, 0.2) is 0 Å². The third-order valence-electron chi connectivity index (χ3n) is 4.34. The minimum absolute atomic E-state index is 0.167. The van der Waals surface area contributed by atoms with E-state index >= 15 is 0 Å². The zero-order valence-corrected chi connectivity index (χ0v) is 12.3. The molecule has 3 N–H and O–H groups in total. The van der Waals surface area contributed by atoms with Gasteiger partial charge in [-0.25, -0.2) is 0 Å². The Morgan fingerprint density at radius 3 is 2.56 bits per heavy atom. The van der Waals surface area contributed by atoms with Gasteiger partial charge in [0, 0.05) is 13.0 Å². The van der Waals surface area contributed by atoms with E-state index in [1.807, 2.05) is 0 Å². The van der Waals surface area contributed by atoms with Crippen molar-refractivity contribution in [1.29, 1.82) is 0 Å². The number of carbonyl (C=O) groups is 1. The molecule has 3 heteroatoms. The van der Waals surface area contributed by atoms with Crippen molar-refractivity contribution in [3.8, 4) is 0 Å². The van der Waals surface area contributed by atoms with Crippen molar-refractivity contribution < 1.29 is 4.79 Å². The summed E-state index contributed by atoms with van der Waals surface area (Å²) in [6.45, 7) is 7.02. The molecule has 0 aromatic carbocycles. The van der Waals surface area contributed by atoms with Crippen LogP contribution in [0, 0.1) is 11.8 Å². The van der Waals surface area contributed by atoms with Crippen LogP contribution in [-0.2, 0) is 4.79 Å². The van der Waals surface area contributed by atoms with E-state index in [2.05, 4.69) is 26.1 Å². The molecule has 0 radical (unpaired) electrons. The summed E-state index contributed by atoms with van der Waals surface area (Å²) < 4.78 is 0. The van der Waals surface area contributed by atoms with E-state index in [1.54, 1.807) is 0 Å². The Morgan fingerprint density at radius 2 is 2.11 bits per heavy atom. The predicted octanol–water partition coefficient (Wildman–Crippen LogP) is 2.84. The van der Waals surface area contributed by atoms with E-state index in [4.69, 9.17) is 5.73 Å². The molecule has 2 atom stereocenters. The highest BCUT2D eigenvalue weighted by molar-refractivity contribution is 5.77. The number of unbranched alkanes of at least 4 members (excludes halogenated alkanes) is 1. The number of nitrogens with one attached hydrogen (secondary N) is 1. The lowest BCUT2D eigenvalue weighted by molar-refractivity contribution is -0.124. The monoisotopic (exact) mass is 254 g/mol. The molecule has 18 heavy (non-hydrogen) atoms. The number of amides is 1. The molecule has 1 fully saturated rings. The van der Waals surface area contributed by atoms with Crippen LogP contribution in [0.2, 0.25) is 0 Å². The van der Waals surface area contributed by atoms with Crippen molar-refractivity contribution >= 4 is 5.91 Å². The minimum atomic E-state index is -0.167. The summed E-state index contributed by atoms with van der Waals surface area (Å²) in [5.74, 6) is 1.33. The van der Waals surface area contributed by atoms with Crippen molar-refractivity contribution in [2.24, 2.45) is 17.6 Å². The Labute approximate surface area is 112 Å². The van der Waals surface area contributed by atoms with Crippen molar-refractivity contribution in [3.05, 3.63) is 0 Å². The molecule has 0 bridgehead atoms. The maximum atomic E-state index is 12.1. The van der Waals surface area contributed by atoms with Crippen LogP contribution in [0.15, 0.2) is 0 Å². The molecule has 1 rings (SSSR count). The standard InChI is InChI=1S/C15H30N2O/c1-4-6-7-12(5-2)10-14(18)17-15(3,11-16)13-8-9-13/h12-13H,4-11,16H2,1-3H3,(H,17,18). The molecule has 0 saturated heterocycles. The van der Waals surface area contributed by atoms with Crippen LogP contribution in [0.5, 0.6) is 0 Å². The summed E-state index contributed by atoms with van der Waals surface area (Å²) >= 11 is 0. The van der Waals surface area contributed by atoms with Gasteiger partial charge in [-0.1, -0.05) is 33.1 Å². The van der Waals surface area contributed by atoms with Gasteiger partial charge in [0.1, 0.15) is 0 Å². The van der Waals surface area contributed by atoms with Crippen LogP contribution in [0.4, 0.5) is 0 Å².